The van der Waals surface area contributed by atoms with Crippen molar-refractivity contribution in [3.05, 3.63) is 59.9 Å². The number of ether oxygens (including phenoxy) is 1. The highest BCUT2D eigenvalue weighted by atomic mass is 19.2. The Bertz CT molecular complexity index is 1260. The molecular weight excluding hydrogens is 410 g/mol. The number of aromatic amines is 1. The summed E-state index contributed by atoms with van der Waals surface area (Å²) < 4.78 is 33.6. The molecule has 32 heavy (non-hydrogen) atoms. The van der Waals surface area contributed by atoms with Crippen LogP contribution in [0.2, 0.25) is 0 Å². The topological polar surface area (TPSA) is 63.7 Å². The summed E-state index contributed by atoms with van der Waals surface area (Å²) in [6.45, 7) is 4.28. The first-order chi connectivity index (χ1) is 15.5. The van der Waals surface area contributed by atoms with Crippen LogP contribution in [0.4, 0.5) is 8.78 Å². The van der Waals surface area contributed by atoms with Gasteiger partial charge in [0.15, 0.2) is 11.6 Å². The van der Waals surface area contributed by atoms with Gasteiger partial charge < -0.3 is 9.72 Å². The van der Waals surface area contributed by atoms with E-state index in [2.05, 4.69) is 26.9 Å². The van der Waals surface area contributed by atoms with Crippen molar-refractivity contribution in [2.75, 3.05) is 0 Å². The van der Waals surface area contributed by atoms with Gasteiger partial charge in [0.25, 0.3) is 0 Å². The smallest absolute Gasteiger partial charge is 0.216 e. The summed E-state index contributed by atoms with van der Waals surface area (Å²) in [6, 6.07) is 8.28. The van der Waals surface area contributed by atoms with E-state index in [1.54, 1.807) is 12.4 Å². The number of hydrogen-bond donors (Lipinski definition) is 1. The summed E-state index contributed by atoms with van der Waals surface area (Å²) in [6.07, 6.45) is 8.22. The summed E-state index contributed by atoms with van der Waals surface area (Å²) in [5, 5.41) is 0. The van der Waals surface area contributed by atoms with Crippen molar-refractivity contribution in [2.24, 2.45) is 5.92 Å². The quantitative estimate of drug-likeness (QED) is 0.413. The average Bonchev–Trinajstić information content (AvgIpc) is 3.24. The van der Waals surface area contributed by atoms with Crippen molar-refractivity contribution >= 4 is 11.0 Å². The molecular formula is C25H24F2N4O. The maximum atomic E-state index is 14.0. The van der Waals surface area contributed by atoms with E-state index in [1.165, 1.54) is 18.9 Å². The van der Waals surface area contributed by atoms with E-state index < -0.39 is 11.6 Å². The van der Waals surface area contributed by atoms with Crippen LogP contribution in [0.3, 0.4) is 0 Å². The number of aromatic nitrogens is 4. The molecule has 1 N–H and O–H groups in total. The lowest BCUT2D eigenvalue weighted by Gasteiger charge is -2.26. The minimum Gasteiger partial charge on any atom is -0.474 e. The fraction of sp³-hybridized carbons (Fsp3) is 0.320. The van der Waals surface area contributed by atoms with E-state index in [0.29, 0.717) is 22.8 Å². The minimum absolute atomic E-state index is 0.0214. The Hall–Kier alpha value is -3.35. The lowest BCUT2D eigenvalue weighted by atomic mass is 9.89. The molecule has 3 aromatic heterocycles. The number of nitrogens with zero attached hydrogens (tertiary/aromatic N) is 3. The molecule has 1 fully saturated rings. The van der Waals surface area contributed by atoms with Gasteiger partial charge >= 0.3 is 0 Å². The Morgan fingerprint density at radius 2 is 1.75 bits per heavy atom. The van der Waals surface area contributed by atoms with Gasteiger partial charge in [0.05, 0.1) is 11.2 Å². The fourth-order valence-corrected chi connectivity index (χ4v) is 4.19. The number of benzene rings is 1. The molecule has 0 unspecified atom stereocenters. The van der Waals surface area contributed by atoms with Crippen molar-refractivity contribution in [3.8, 4) is 28.5 Å². The molecule has 0 amide bonds. The molecule has 7 heteroatoms. The van der Waals surface area contributed by atoms with Crippen molar-refractivity contribution in [2.45, 2.75) is 45.6 Å². The summed E-state index contributed by atoms with van der Waals surface area (Å²) in [5.41, 5.74) is 3.72. The van der Waals surface area contributed by atoms with Crippen LogP contribution in [-0.4, -0.2) is 26.0 Å². The zero-order valence-electron chi connectivity index (χ0n) is 18.0. The Morgan fingerprint density at radius 1 is 0.969 bits per heavy atom. The van der Waals surface area contributed by atoms with Crippen molar-refractivity contribution in [3.63, 3.8) is 0 Å². The van der Waals surface area contributed by atoms with E-state index in [9.17, 15) is 8.78 Å². The van der Waals surface area contributed by atoms with Crippen molar-refractivity contribution in [1.82, 2.24) is 19.9 Å². The van der Waals surface area contributed by atoms with Crippen LogP contribution < -0.4 is 4.74 Å². The highest BCUT2D eigenvalue weighted by Gasteiger charge is 2.21. The second-order valence-electron chi connectivity index (χ2n) is 8.62. The van der Waals surface area contributed by atoms with E-state index in [1.807, 2.05) is 25.1 Å². The first-order valence-electron chi connectivity index (χ1n) is 10.9. The van der Waals surface area contributed by atoms with Crippen molar-refractivity contribution < 1.29 is 13.5 Å². The molecule has 0 saturated heterocycles. The second kappa shape index (κ2) is 8.30. The largest absolute Gasteiger partial charge is 0.474 e. The van der Waals surface area contributed by atoms with Gasteiger partial charge in [-0.2, -0.15) is 0 Å². The number of nitrogens with one attached hydrogen (secondary N) is 1. The van der Waals surface area contributed by atoms with Crippen LogP contribution in [-0.2, 0) is 0 Å². The van der Waals surface area contributed by atoms with Crippen LogP contribution >= 0.6 is 0 Å². The SMILES string of the molecule is Cc1cc(-c2ccc(-c3nc4c(F)c(F)ccc4[nH]3)cn2)cnc1OC1CCC(C)CC1. The zero-order valence-corrected chi connectivity index (χ0v) is 18.0. The Balaban J connectivity index is 1.35. The molecule has 0 bridgehead atoms. The number of pyridine rings is 2. The normalized spacial score (nSPS) is 18.8. The lowest BCUT2D eigenvalue weighted by molar-refractivity contribution is 0.129. The molecule has 5 rings (SSSR count). The van der Waals surface area contributed by atoms with E-state index >= 15 is 0 Å². The molecule has 3 heterocycles. The molecule has 164 valence electrons. The van der Waals surface area contributed by atoms with Gasteiger partial charge in [-0.3, -0.25) is 4.98 Å². The first-order valence-corrected chi connectivity index (χ1v) is 10.9. The second-order valence-corrected chi connectivity index (χ2v) is 8.62. The van der Waals surface area contributed by atoms with Crippen LogP contribution in [0.15, 0.2) is 42.7 Å². The van der Waals surface area contributed by atoms with Gasteiger partial charge in [-0.25, -0.2) is 18.7 Å². The van der Waals surface area contributed by atoms with Gasteiger partial charge in [0.2, 0.25) is 5.88 Å². The number of imidazole rings is 1. The molecule has 4 aromatic rings. The van der Waals surface area contributed by atoms with E-state index in [-0.39, 0.29) is 11.6 Å². The molecule has 1 aromatic carbocycles. The lowest BCUT2D eigenvalue weighted by Crippen LogP contribution is -2.23. The minimum atomic E-state index is -0.957. The summed E-state index contributed by atoms with van der Waals surface area (Å²) in [5.74, 6) is 0.0171. The molecule has 0 spiro atoms. The summed E-state index contributed by atoms with van der Waals surface area (Å²) in [4.78, 5) is 16.3. The average molecular weight is 434 g/mol. The Kier molecular flexibility index (Phi) is 5.33. The van der Waals surface area contributed by atoms with Gasteiger partial charge in [0, 0.05) is 29.1 Å². The molecule has 1 aliphatic rings. The van der Waals surface area contributed by atoms with Crippen LogP contribution in [0.25, 0.3) is 33.7 Å². The maximum Gasteiger partial charge on any atom is 0.216 e. The third-order valence-electron chi connectivity index (χ3n) is 6.15. The molecule has 0 aliphatic heterocycles. The molecule has 1 saturated carbocycles. The fourth-order valence-electron chi connectivity index (χ4n) is 4.19. The van der Waals surface area contributed by atoms with Gasteiger partial charge in [-0.15, -0.1) is 0 Å². The monoisotopic (exact) mass is 434 g/mol. The summed E-state index contributed by atoms with van der Waals surface area (Å²) in [7, 11) is 0. The zero-order chi connectivity index (χ0) is 22.2. The maximum absolute atomic E-state index is 14.0. The van der Waals surface area contributed by atoms with E-state index in [0.717, 1.165) is 41.6 Å². The predicted molar refractivity (Wildman–Crippen MR) is 119 cm³/mol. The predicted octanol–water partition coefficient (Wildman–Crippen LogP) is 6.23. The van der Waals surface area contributed by atoms with Gasteiger partial charge in [-0.05, 0) is 68.9 Å². The van der Waals surface area contributed by atoms with Gasteiger partial charge in [-0.1, -0.05) is 6.92 Å². The van der Waals surface area contributed by atoms with Crippen LogP contribution in [0.5, 0.6) is 5.88 Å². The molecule has 0 atom stereocenters. The molecule has 0 radical (unpaired) electrons. The number of hydrogen-bond acceptors (Lipinski definition) is 4. The highest BCUT2D eigenvalue weighted by molar-refractivity contribution is 5.80. The van der Waals surface area contributed by atoms with Crippen molar-refractivity contribution in [1.29, 1.82) is 0 Å². The molecule has 1 aliphatic carbocycles. The summed E-state index contributed by atoms with van der Waals surface area (Å²) >= 11 is 0. The van der Waals surface area contributed by atoms with Crippen LogP contribution in [0, 0.1) is 24.5 Å². The standard InChI is InChI=1S/C25H24F2N4O/c1-14-3-6-18(7-4-14)32-25-15(2)11-17(13-29-25)20-9-5-16(12-28-20)24-30-21-10-8-19(26)22(27)23(21)31-24/h5,8-14,18H,3-4,6-7H2,1-2H3,(H,30,31). The third-order valence-corrected chi connectivity index (χ3v) is 6.15. The number of halogens is 2. The Morgan fingerprint density at radius 3 is 2.47 bits per heavy atom. The van der Waals surface area contributed by atoms with Gasteiger partial charge in [0.1, 0.15) is 17.4 Å². The third kappa shape index (κ3) is 3.95. The number of rotatable bonds is 4. The molecule has 5 nitrogen and oxygen atoms in total. The first kappa shape index (κ1) is 20.5. The number of aryl methyl sites for hydroxylation is 1. The highest BCUT2D eigenvalue weighted by Crippen LogP contribution is 2.30. The van der Waals surface area contributed by atoms with E-state index in [4.69, 9.17) is 4.74 Å². The number of fused-ring (bicyclic) bond motifs is 1. The van der Waals surface area contributed by atoms with Crippen LogP contribution in [0.1, 0.15) is 38.2 Å². The Labute approximate surface area is 184 Å². The number of H-pyrrole nitrogens is 1.